The van der Waals surface area contributed by atoms with Crippen LogP contribution in [0.5, 0.6) is 11.5 Å². The zero-order chi connectivity index (χ0) is 37.6. The molecular formula is C49H43BN4O. The van der Waals surface area contributed by atoms with Gasteiger partial charge in [-0.15, -0.1) is 0 Å². The van der Waals surface area contributed by atoms with E-state index in [0.717, 1.165) is 67.9 Å². The summed E-state index contributed by atoms with van der Waals surface area (Å²) in [6.45, 7) is 13.5. The number of hydrogen-bond donors (Lipinski definition) is 0. The molecule has 6 aromatic carbocycles. The van der Waals surface area contributed by atoms with E-state index < -0.39 is 0 Å². The van der Waals surface area contributed by atoms with Gasteiger partial charge in [-0.1, -0.05) is 120 Å². The van der Waals surface area contributed by atoms with E-state index in [4.69, 9.17) is 9.72 Å². The molecule has 0 saturated carbocycles. The molecule has 6 heteroatoms. The zero-order valence-electron chi connectivity index (χ0n) is 32.2. The Balaban J connectivity index is 1.21. The molecule has 2 aliphatic rings. The van der Waals surface area contributed by atoms with Gasteiger partial charge in [-0.25, -0.2) is 4.98 Å². The molecule has 0 amide bonds. The third-order valence-corrected chi connectivity index (χ3v) is 11.3. The summed E-state index contributed by atoms with van der Waals surface area (Å²) in [7, 11) is 0. The number of aromatic nitrogens is 2. The minimum Gasteiger partial charge on any atom is -0.458 e. The van der Waals surface area contributed by atoms with E-state index >= 15 is 0 Å². The molecule has 0 aliphatic carbocycles. The smallest absolute Gasteiger partial charge is 0.281 e. The van der Waals surface area contributed by atoms with E-state index in [2.05, 4.69) is 208 Å². The van der Waals surface area contributed by atoms with Crippen LogP contribution in [-0.2, 0) is 10.8 Å². The Hall–Kier alpha value is -6.27. The van der Waals surface area contributed by atoms with E-state index in [1.165, 1.54) is 21.9 Å². The van der Waals surface area contributed by atoms with Gasteiger partial charge in [-0.05, 0) is 98.9 Å². The molecule has 2 aliphatic heterocycles. The van der Waals surface area contributed by atoms with Gasteiger partial charge < -0.3 is 9.64 Å². The molecular weight excluding hydrogens is 671 g/mol. The van der Waals surface area contributed by atoms with Crippen molar-refractivity contribution in [3.8, 4) is 11.5 Å². The summed E-state index contributed by atoms with van der Waals surface area (Å²) in [4.78, 5) is 10.2. The van der Waals surface area contributed by atoms with Crippen LogP contribution < -0.4 is 31.1 Å². The van der Waals surface area contributed by atoms with Gasteiger partial charge in [0.15, 0.2) is 0 Å². The predicted octanol–water partition coefficient (Wildman–Crippen LogP) is 11.0. The summed E-state index contributed by atoms with van der Waals surface area (Å²) >= 11 is 0. The fourth-order valence-corrected chi connectivity index (χ4v) is 8.46. The molecule has 8 aromatic rings. The number of rotatable bonds is 4. The first-order valence-corrected chi connectivity index (χ1v) is 19.3. The standard InChI is InChI=1S/C49H43BN4O/c1-48(2,3)33-22-24-36(25-23-33)53(40-20-14-16-32-15-10-11-19-38(32)40)37-26-27-39-42(31-37)55-43-30-34(49(4,5)6)29-41-45(43)50(39)46-47(52-28-13-12-21-44(52)51-46)54(41)35-17-8-7-9-18-35/h7-31H,1-6H3. The van der Waals surface area contributed by atoms with Crippen LogP contribution in [0.4, 0.5) is 34.3 Å². The van der Waals surface area contributed by atoms with Crippen LogP contribution in [0.1, 0.15) is 52.7 Å². The summed E-state index contributed by atoms with van der Waals surface area (Å²) in [5.74, 6) is 2.79. The van der Waals surface area contributed by atoms with Crippen LogP contribution in [0.15, 0.2) is 152 Å². The van der Waals surface area contributed by atoms with Gasteiger partial charge in [0.1, 0.15) is 23.0 Å². The lowest BCUT2D eigenvalue weighted by Gasteiger charge is -2.39. The molecule has 0 spiro atoms. The second-order valence-corrected chi connectivity index (χ2v) is 17.0. The highest BCUT2D eigenvalue weighted by molar-refractivity contribution is 6.98. The first-order valence-electron chi connectivity index (χ1n) is 19.3. The molecule has 0 N–H and O–H groups in total. The largest absolute Gasteiger partial charge is 0.458 e. The number of hydrogen-bond acceptors (Lipinski definition) is 4. The second kappa shape index (κ2) is 12.1. The number of fused-ring (bicyclic) bond motifs is 7. The number of ether oxygens (including phenoxy) is 1. The maximum Gasteiger partial charge on any atom is 0.281 e. The van der Waals surface area contributed by atoms with Crippen molar-refractivity contribution in [1.29, 1.82) is 0 Å². The van der Waals surface area contributed by atoms with Crippen molar-refractivity contribution in [2.24, 2.45) is 0 Å². The first kappa shape index (κ1) is 33.3. The van der Waals surface area contributed by atoms with Crippen molar-refractivity contribution in [2.75, 3.05) is 9.80 Å². The molecule has 4 heterocycles. The van der Waals surface area contributed by atoms with E-state index in [0.29, 0.717) is 0 Å². The minimum atomic E-state index is -0.122. The normalized spacial score (nSPS) is 13.3. The van der Waals surface area contributed by atoms with Gasteiger partial charge in [0.05, 0.1) is 11.3 Å². The fourth-order valence-electron chi connectivity index (χ4n) is 8.46. The van der Waals surface area contributed by atoms with Crippen LogP contribution in [0.3, 0.4) is 0 Å². The summed E-state index contributed by atoms with van der Waals surface area (Å²) < 4.78 is 9.40. The summed E-state index contributed by atoms with van der Waals surface area (Å²) in [6.07, 6.45) is 2.13. The van der Waals surface area contributed by atoms with Crippen LogP contribution in [0, 0.1) is 0 Å². The highest BCUT2D eigenvalue weighted by Crippen LogP contribution is 2.45. The Morgan fingerprint density at radius 3 is 2.11 bits per heavy atom. The number of benzene rings is 6. The highest BCUT2D eigenvalue weighted by atomic mass is 16.5. The van der Waals surface area contributed by atoms with Crippen LogP contribution >= 0.6 is 0 Å². The van der Waals surface area contributed by atoms with Crippen LogP contribution in [-0.4, -0.2) is 16.1 Å². The predicted molar refractivity (Wildman–Crippen MR) is 231 cm³/mol. The van der Waals surface area contributed by atoms with E-state index in [9.17, 15) is 0 Å². The minimum absolute atomic E-state index is 0.0491. The average Bonchev–Trinajstić information content (AvgIpc) is 3.57. The molecule has 55 heavy (non-hydrogen) atoms. The van der Waals surface area contributed by atoms with Crippen LogP contribution in [0.25, 0.3) is 16.4 Å². The number of anilines is 6. The molecule has 0 fully saturated rings. The number of pyridine rings is 1. The lowest BCUT2D eigenvalue weighted by Crippen LogP contribution is -2.60. The van der Waals surface area contributed by atoms with E-state index in [1.54, 1.807) is 0 Å². The van der Waals surface area contributed by atoms with E-state index in [-0.39, 0.29) is 17.5 Å². The second-order valence-electron chi connectivity index (χ2n) is 17.0. The van der Waals surface area contributed by atoms with Crippen molar-refractivity contribution in [3.63, 3.8) is 0 Å². The lowest BCUT2D eigenvalue weighted by atomic mass is 9.36. The maximum absolute atomic E-state index is 7.16. The number of imidazole rings is 1. The van der Waals surface area contributed by atoms with E-state index in [1.807, 2.05) is 0 Å². The highest BCUT2D eigenvalue weighted by Gasteiger charge is 2.45. The number of para-hydroxylation sites is 1. The third-order valence-electron chi connectivity index (χ3n) is 11.3. The zero-order valence-corrected chi connectivity index (χ0v) is 32.2. The Labute approximate surface area is 323 Å². The number of nitrogens with zero attached hydrogens (tertiary/aromatic N) is 4. The van der Waals surface area contributed by atoms with Crippen molar-refractivity contribution in [3.05, 3.63) is 163 Å². The SMILES string of the molecule is CC(C)(C)c1ccc(N(c2ccc3c(c2)Oc2cc(C(C)(C)C)cc4c2B3c2nc3ccccn3c2N4c2ccccc2)c2cccc3ccccc23)cc1. The Morgan fingerprint density at radius 1 is 0.618 bits per heavy atom. The van der Waals surface area contributed by atoms with Crippen molar-refractivity contribution < 1.29 is 4.74 Å². The molecule has 0 bridgehead atoms. The van der Waals surface area contributed by atoms with Gasteiger partial charge in [-0.3, -0.25) is 9.30 Å². The molecule has 5 nitrogen and oxygen atoms in total. The molecule has 10 rings (SSSR count). The topological polar surface area (TPSA) is 33.0 Å². The Kier molecular flexibility index (Phi) is 7.34. The Morgan fingerprint density at radius 2 is 1.33 bits per heavy atom. The van der Waals surface area contributed by atoms with Gasteiger partial charge in [0.25, 0.3) is 6.71 Å². The molecule has 2 aromatic heterocycles. The van der Waals surface area contributed by atoms with Gasteiger partial charge >= 0.3 is 0 Å². The van der Waals surface area contributed by atoms with Crippen molar-refractivity contribution >= 4 is 73.9 Å². The monoisotopic (exact) mass is 714 g/mol. The lowest BCUT2D eigenvalue weighted by molar-refractivity contribution is 0.483. The first-order chi connectivity index (χ1) is 26.5. The third kappa shape index (κ3) is 5.34. The Bertz CT molecular complexity index is 2770. The summed E-state index contributed by atoms with van der Waals surface area (Å²) in [6, 6.07) is 52.5. The van der Waals surface area contributed by atoms with Gasteiger partial charge in [0.2, 0.25) is 0 Å². The molecule has 268 valence electrons. The fraction of sp³-hybridized carbons (Fsp3) is 0.163. The maximum atomic E-state index is 7.16. The molecule has 0 atom stereocenters. The molecule has 0 radical (unpaired) electrons. The summed E-state index contributed by atoms with van der Waals surface area (Å²) in [5.41, 5.74) is 12.1. The molecule has 0 unspecified atom stereocenters. The quantitative estimate of drug-likeness (QED) is 0.170. The summed E-state index contributed by atoms with van der Waals surface area (Å²) in [5, 5.41) is 2.39. The van der Waals surface area contributed by atoms with Crippen LogP contribution in [0.2, 0.25) is 0 Å². The van der Waals surface area contributed by atoms with Gasteiger partial charge in [-0.2, -0.15) is 0 Å². The van der Waals surface area contributed by atoms with Crippen molar-refractivity contribution in [2.45, 2.75) is 52.4 Å². The average molecular weight is 715 g/mol. The van der Waals surface area contributed by atoms with Crippen molar-refractivity contribution in [1.82, 2.24) is 9.38 Å². The van der Waals surface area contributed by atoms with Gasteiger partial charge in [0, 0.05) is 40.4 Å². The molecule has 0 saturated heterocycles.